The molecule has 6 aromatic carbocycles. The molecule has 3 aliphatic heterocycles. The Hall–Kier alpha value is -6.15. The van der Waals surface area contributed by atoms with Crippen LogP contribution in [0.5, 0.6) is 5.75 Å². The second kappa shape index (κ2) is 14.1. The largest absolute Gasteiger partial charge is 0.497 e. The maximum absolute atomic E-state index is 7.04. The summed E-state index contributed by atoms with van der Waals surface area (Å²) in [5.41, 5.74) is 10.7. The molecular weight excluding hydrogens is 736 g/mol. The van der Waals surface area contributed by atoms with Crippen molar-refractivity contribution in [2.24, 2.45) is 0 Å². The first-order valence-corrected chi connectivity index (χ1v) is 20.6. The average Bonchev–Trinajstić information content (AvgIpc) is 3.69. The molecule has 0 amide bonds. The molecule has 0 N–H and O–H groups in total. The Balaban J connectivity index is 1.51. The van der Waals surface area contributed by atoms with Gasteiger partial charge in [0.1, 0.15) is 21.7 Å². The Morgan fingerprint density at radius 1 is 0.596 bits per heavy atom. The zero-order valence-electron chi connectivity index (χ0n) is 31.7. The van der Waals surface area contributed by atoms with Crippen LogP contribution < -0.4 is 15.0 Å². The topological polar surface area (TPSA) is 24.7 Å². The highest BCUT2D eigenvalue weighted by Gasteiger charge is 2.73. The van der Waals surface area contributed by atoms with Crippen LogP contribution >= 0.6 is 24.0 Å². The van der Waals surface area contributed by atoms with Gasteiger partial charge in [-0.05, 0) is 76.5 Å². The number of hydrogen-bond donors (Lipinski definition) is 0. The molecular formula is C50H39BN2O2S2. The number of ether oxygens (including phenoxy) is 2. The molecule has 57 heavy (non-hydrogen) atoms. The van der Waals surface area contributed by atoms with Gasteiger partial charge in [0.05, 0.1) is 19.8 Å². The van der Waals surface area contributed by atoms with Crippen LogP contribution in [0, 0.1) is 0 Å². The van der Waals surface area contributed by atoms with E-state index in [4.69, 9.17) is 21.7 Å². The predicted octanol–water partition coefficient (Wildman–Crippen LogP) is 10.3. The molecule has 1 saturated heterocycles. The maximum atomic E-state index is 7.04. The van der Waals surface area contributed by atoms with Gasteiger partial charge in [0.15, 0.2) is 10.6 Å². The minimum absolute atomic E-state index is 0.0980. The summed E-state index contributed by atoms with van der Waals surface area (Å²) in [6.45, 7) is 0. The lowest BCUT2D eigenvalue weighted by molar-refractivity contribution is -0.435. The summed E-state index contributed by atoms with van der Waals surface area (Å²) in [4.78, 5) is 3.34. The number of benzene rings is 6. The summed E-state index contributed by atoms with van der Waals surface area (Å²) in [7, 11) is 3.46. The number of thioether (sulfide) groups is 1. The molecule has 7 heteroatoms. The molecule has 3 atom stereocenters. The Morgan fingerprint density at radius 3 is 1.65 bits per heavy atom. The minimum Gasteiger partial charge on any atom is -0.497 e. The summed E-state index contributed by atoms with van der Waals surface area (Å²) in [5.74, 6) is 1.62. The highest BCUT2D eigenvalue weighted by Crippen LogP contribution is 2.60. The van der Waals surface area contributed by atoms with E-state index in [0.717, 1.165) is 49.9 Å². The number of hydrogen-bond acceptors (Lipinski definition) is 4. The lowest BCUT2D eigenvalue weighted by atomic mass is 9.33. The molecule has 1 aliphatic carbocycles. The highest BCUT2D eigenvalue weighted by molar-refractivity contribution is 8.16. The molecule has 4 aliphatic rings. The number of allylic oxidation sites excluding steroid dienone is 3. The smallest absolute Gasteiger partial charge is 0.433 e. The van der Waals surface area contributed by atoms with Gasteiger partial charge in [-0.2, -0.15) is 0 Å². The quantitative estimate of drug-likeness (QED) is 0.113. The van der Waals surface area contributed by atoms with Crippen LogP contribution in [-0.2, 0) is 4.74 Å². The van der Waals surface area contributed by atoms with Gasteiger partial charge in [0.25, 0.3) is 0 Å². The summed E-state index contributed by atoms with van der Waals surface area (Å²) in [6, 6.07) is 63.3. The molecule has 4 nitrogen and oxygen atoms in total. The zero-order chi connectivity index (χ0) is 38.6. The van der Waals surface area contributed by atoms with Gasteiger partial charge in [0.2, 0.25) is 0 Å². The normalized spacial score (nSPS) is 22.3. The fourth-order valence-electron chi connectivity index (χ4n) is 9.64. The van der Waals surface area contributed by atoms with Crippen LogP contribution in [-0.4, -0.2) is 45.9 Å². The molecule has 3 heterocycles. The monoisotopic (exact) mass is 774 g/mol. The first-order chi connectivity index (χ1) is 28.1. The van der Waals surface area contributed by atoms with E-state index in [1.165, 1.54) is 27.2 Å². The Bertz CT molecular complexity index is 2680. The van der Waals surface area contributed by atoms with Gasteiger partial charge in [0, 0.05) is 11.3 Å². The standard InChI is InChI=1S/C50H39BN2O2S2/c1-54-41-30-28-40(29-31-41)52-49(56)50-33-32-42(55-2)34-43(50)57-48-46(37-22-12-5-13-23-37)44(35-18-8-3-9-19-35)45(36-20-10-4-11-21-36)47(38-24-14-6-15-25-38)51(52,53(48)50)39-26-16-7-17-27-39/h3-34,43H,1-2H3/t43-,50+,51+/m1/s1. The first-order valence-electron chi connectivity index (χ1n) is 19.3. The molecule has 1 fully saturated rings. The second-order valence-electron chi connectivity index (χ2n) is 14.7. The van der Waals surface area contributed by atoms with Crippen LogP contribution in [0.3, 0.4) is 0 Å². The third-order valence-electron chi connectivity index (χ3n) is 11.9. The minimum atomic E-state index is -2.17. The fourth-order valence-corrected chi connectivity index (χ4v) is 12.0. The van der Waals surface area contributed by atoms with E-state index < -0.39 is 12.0 Å². The van der Waals surface area contributed by atoms with Gasteiger partial charge >= 0.3 is 6.42 Å². The van der Waals surface area contributed by atoms with Crippen molar-refractivity contribution in [1.29, 1.82) is 0 Å². The van der Waals surface area contributed by atoms with Crippen molar-refractivity contribution < 1.29 is 14.0 Å². The maximum Gasteiger partial charge on any atom is 0.433 e. The number of nitrogens with zero attached hydrogens (tertiary/aromatic N) is 2. The summed E-state index contributed by atoms with van der Waals surface area (Å²) >= 11 is 8.94. The molecule has 0 radical (unpaired) electrons. The Kier molecular flexibility index (Phi) is 8.73. The lowest BCUT2D eigenvalue weighted by Gasteiger charge is -2.44. The Morgan fingerprint density at radius 2 is 1.11 bits per heavy atom. The van der Waals surface area contributed by atoms with Crippen molar-refractivity contribution in [2.45, 2.75) is 10.8 Å². The van der Waals surface area contributed by atoms with E-state index in [2.05, 4.69) is 191 Å². The molecule has 10 rings (SSSR count). The molecule has 0 unspecified atom stereocenters. The van der Waals surface area contributed by atoms with E-state index in [0.29, 0.717) is 0 Å². The van der Waals surface area contributed by atoms with Crippen molar-refractivity contribution in [3.63, 3.8) is 0 Å². The summed E-state index contributed by atoms with van der Waals surface area (Å²) < 4.78 is 14.5. The SMILES string of the molecule is COC1=C[C@H]2SC3=[N+]4[B@@-](c5ccccc5)(C(c5ccccc5)=C(c5ccccc5)C(c5ccccc5)=C3c3ccccc3)N(c3ccc(OC)cc3)C(=S)[C@]24C=C1. The highest BCUT2D eigenvalue weighted by atomic mass is 32.2. The van der Waals surface area contributed by atoms with Crippen LogP contribution in [0.25, 0.3) is 22.2 Å². The number of methoxy groups -OCH3 is 2. The van der Waals surface area contributed by atoms with Crippen molar-refractivity contribution in [1.82, 2.24) is 0 Å². The van der Waals surface area contributed by atoms with E-state index in [1.54, 1.807) is 14.2 Å². The molecule has 1 spiro atoms. The number of anilines is 1. The average molecular weight is 775 g/mol. The molecule has 0 bridgehead atoms. The number of thiocarbonyl (C=S) groups is 1. The van der Waals surface area contributed by atoms with E-state index in [-0.39, 0.29) is 5.25 Å². The van der Waals surface area contributed by atoms with Gasteiger partial charge in [-0.25, -0.2) is 0 Å². The van der Waals surface area contributed by atoms with Gasteiger partial charge in [-0.3, -0.25) is 0 Å². The van der Waals surface area contributed by atoms with Crippen molar-refractivity contribution in [2.75, 3.05) is 19.0 Å². The molecule has 276 valence electrons. The van der Waals surface area contributed by atoms with Gasteiger partial charge in [-0.15, -0.1) is 5.46 Å². The van der Waals surface area contributed by atoms with Crippen LogP contribution in [0.2, 0.25) is 0 Å². The molecule has 0 aromatic heterocycles. The lowest BCUT2D eigenvalue weighted by Crippen LogP contribution is -2.68. The van der Waals surface area contributed by atoms with Crippen molar-refractivity contribution in [3.05, 3.63) is 222 Å². The third kappa shape index (κ3) is 5.22. The summed E-state index contributed by atoms with van der Waals surface area (Å²) in [5, 5.41) is 1.07. The van der Waals surface area contributed by atoms with Gasteiger partial charge < -0.3 is 18.8 Å². The van der Waals surface area contributed by atoms with Gasteiger partial charge in [-0.1, -0.05) is 175 Å². The first kappa shape index (κ1) is 35.3. The molecule has 0 saturated carbocycles. The molecule has 6 aromatic rings. The number of rotatable bonds is 8. The third-order valence-corrected chi connectivity index (χ3v) is 13.8. The van der Waals surface area contributed by atoms with Crippen molar-refractivity contribution in [3.8, 4) is 5.75 Å². The summed E-state index contributed by atoms with van der Waals surface area (Å²) in [6.07, 6.45) is 4.55. The van der Waals surface area contributed by atoms with E-state index >= 15 is 0 Å². The van der Waals surface area contributed by atoms with E-state index in [9.17, 15) is 0 Å². The van der Waals surface area contributed by atoms with Crippen LogP contribution in [0.4, 0.5) is 5.69 Å². The predicted molar refractivity (Wildman–Crippen MR) is 243 cm³/mol. The zero-order valence-corrected chi connectivity index (χ0v) is 33.3. The van der Waals surface area contributed by atoms with E-state index in [1.807, 2.05) is 23.9 Å². The van der Waals surface area contributed by atoms with Crippen LogP contribution in [0.15, 0.2) is 200 Å². The Labute approximate surface area is 343 Å². The second-order valence-corrected chi connectivity index (χ2v) is 16.2. The fraction of sp³-hybridized carbons (Fsp3) is 0.0800. The van der Waals surface area contributed by atoms with Crippen molar-refractivity contribution >= 4 is 73.8 Å². The van der Waals surface area contributed by atoms with Crippen LogP contribution in [0.1, 0.15) is 22.3 Å².